The average Bonchev–Trinajstić information content (AvgIpc) is 3.74. The van der Waals surface area contributed by atoms with Crippen molar-refractivity contribution in [1.82, 2.24) is 20.9 Å². The molecule has 278 valence electrons. The number of oxime groups is 1. The van der Waals surface area contributed by atoms with E-state index in [0.717, 1.165) is 49.7 Å². The van der Waals surface area contributed by atoms with E-state index < -0.39 is 53.1 Å². The van der Waals surface area contributed by atoms with Gasteiger partial charge in [0.05, 0.1) is 18.3 Å². The molecule has 4 aliphatic rings. The Morgan fingerprint density at radius 3 is 2.42 bits per heavy atom. The standard InChI is InChI=1S/C40H50ClN5O6/c1-3-11-31(36(48)38(50)42-30-18-19-30)43-37(49)33-23-40(22-32(45-52-40)28-16-10-17-29(41)21-28)24-46(33)39(51)35(25(2)27-14-8-5-9-15-27)44-34(47)20-26-12-6-4-7-13-26/h5,8-10,14-17,21,25-26,30-31,33,35H,3-4,6-7,11-13,18-20,22-24H2,1-2H3,(H,42,50)(H,43,49)(H,44,47)/t25-,31-,33-,35-,40+/m0/s1. The molecule has 3 N–H and O–H groups in total. The van der Waals surface area contributed by atoms with E-state index in [2.05, 4.69) is 21.1 Å². The summed E-state index contributed by atoms with van der Waals surface area (Å²) in [4.78, 5) is 76.5. The van der Waals surface area contributed by atoms with Gasteiger partial charge in [0.2, 0.25) is 23.5 Å². The van der Waals surface area contributed by atoms with Gasteiger partial charge in [-0.15, -0.1) is 0 Å². The van der Waals surface area contributed by atoms with E-state index in [1.54, 1.807) is 12.1 Å². The van der Waals surface area contributed by atoms with E-state index >= 15 is 0 Å². The first kappa shape index (κ1) is 37.5. The Bertz CT molecular complexity index is 1680. The fourth-order valence-corrected chi connectivity index (χ4v) is 8.02. The number of hydrogen-bond acceptors (Lipinski definition) is 7. The number of carbonyl (C=O) groups excluding carboxylic acids is 5. The third-order valence-electron chi connectivity index (χ3n) is 10.9. The molecule has 2 aliphatic heterocycles. The van der Waals surface area contributed by atoms with Crippen LogP contribution >= 0.6 is 11.6 Å². The molecular weight excluding hydrogens is 682 g/mol. The van der Waals surface area contributed by atoms with Crippen LogP contribution in [0.5, 0.6) is 0 Å². The second-order valence-electron chi connectivity index (χ2n) is 15.1. The van der Waals surface area contributed by atoms with Crippen LogP contribution in [-0.4, -0.2) is 76.3 Å². The number of amides is 4. The van der Waals surface area contributed by atoms with Crippen LogP contribution in [0.15, 0.2) is 59.8 Å². The summed E-state index contributed by atoms with van der Waals surface area (Å²) < 4.78 is 0. The lowest BCUT2D eigenvalue weighted by Gasteiger charge is -2.33. The monoisotopic (exact) mass is 731 g/mol. The Morgan fingerprint density at radius 2 is 1.73 bits per heavy atom. The predicted octanol–water partition coefficient (Wildman–Crippen LogP) is 5.20. The quantitative estimate of drug-likeness (QED) is 0.228. The molecule has 52 heavy (non-hydrogen) atoms. The maximum atomic E-state index is 14.9. The van der Waals surface area contributed by atoms with Crippen molar-refractivity contribution in [2.75, 3.05) is 6.54 Å². The van der Waals surface area contributed by atoms with Gasteiger partial charge in [-0.25, -0.2) is 0 Å². The molecule has 2 aromatic carbocycles. The topological polar surface area (TPSA) is 146 Å². The Hall–Kier alpha value is -4.25. The van der Waals surface area contributed by atoms with Gasteiger partial charge in [-0.2, -0.15) is 0 Å². The molecule has 3 fully saturated rings. The van der Waals surface area contributed by atoms with Crippen molar-refractivity contribution >= 4 is 46.7 Å². The summed E-state index contributed by atoms with van der Waals surface area (Å²) in [6.45, 7) is 3.81. The zero-order valence-electron chi connectivity index (χ0n) is 30.1. The van der Waals surface area contributed by atoms with Crippen LogP contribution in [0.1, 0.15) is 108 Å². The van der Waals surface area contributed by atoms with E-state index in [-0.39, 0.29) is 37.3 Å². The van der Waals surface area contributed by atoms with Crippen molar-refractivity contribution in [2.45, 2.75) is 127 Å². The molecule has 2 saturated carbocycles. The second-order valence-corrected chi connectivity index (χ2v) is 15.5. The summed E-state index contributed by atoms with van der Waals surface area (Å²) in [5.74, 6) is -2.75. The van der Waals surface area contributed by atoms with Crippen LogP contribution in [0.4, 0.5) is 0 Å². The first-order valence-electron chi connectivity index (χ1n) is 18.9. The lowest BCUT2D eigenvalue weighted by molar-refractivity contribution is -0.144. The highest BCUT2D eigenvalue weighted by atomic mass is 35.5. The van der Waals surface area contributed by atoms with E-state index in [4.69, 9.17) is 16.4 Å². The number of Topliss-reactive ketones (excluding diaryl/α,β-unsaturated/α-hetero) is 1. The molecule has 0 unspecified atom stereocenters. The van der Waals surface area contributed by atoms with Gasteiger partial charge in [0.15, 0.2) is 5.60 Å². The summed E-state index contributed by atoms with van der Waals surface area (Å²) in [5.41, 5.74) is 1.25. The second kappa shape index (κ2) is 16.6. The Labute approximate surface area is 310 Å². The van der Waals surface area contributed by atoms with E-state index in [0.29, 0.717) is 30.0 Å². The Balaban J connectivity index is 1.28. The lowest BCUT2D eigenvalue weighted by Crippen LogP contribution is -2.57. The molecule has 0 bridgehead atoms. The lowest BCUT2D eigenvalue weighted by atomic mass is 9.86. The minimum absolute atomic E-state index is 0.0118. The zero-order valence-corrected chi connectivity index (χ0v) is 30.8. The number of benzene rings is 2. The van der Waals surface area contributed by atoms with Gasteiger partial charge in [0.1, 0.15) is 12.1 Å². The fourth-order valence-electron chi connectivity index (χ4n) is 7.83. The van der Waals surface area contributed by atoms with Crippen molar-refractivity contribution in [3.8, 4) is 0 Å². The highest BCUT2D eigenvalue weighted by Crippen LogP contribution is 2.40. The molecule has 11 nitrogen and oxygen atoms in total. The molecular formula is C40H50ClN5O6. The third-order valence-corrected chi connectivity index (χ3v) is 11.2. The average molecular weight is 732 g/mol. The molecule has 2 heterocycles. The van der Waals surface area contributed by atoms with Gasteiger partial charge < -0.3 is 25.7 Å². The van der Waals surface area contributed by atoms with Crippen LogP contribution in [0.25, 0.3) is 0 Å². The van der Waals surface area contributed by atoms with Gasteiger partial charge in [0, 0.05) is 41.8 Å². The van der Waals surface area contributed by atoms with E-state index in [9.17, 15) is 24.0 Å². The van der Waals surface area contributed by atoms with Crippen LogP contribution in [0, 0.1) is 5.92 Å². The van der Waals surface area contributed by atoms with Crippen LogP contribution < -0.4 is 16.0 Å². The van der Waals surface area contributed by atoms with Crippen molar-refractivity contribution in [3.63, 3.8) is 0 Å². The first-order chi connectivity index (χ1) is 25.1. The Kier molecular flexibility index (Phi) is 12.0. The minimum atomic E-state index is -1.05. The molecule has 5 atom stereocenters. The van der Waals surface area contributed by atoms with Gasteiger partial charge in [-0.3, -0.25) is 24.0 Å². The van der Waals surface area contributed by atoms with Crippen LogP contribution in [0.2, 0.25) is 5.02 Å². The third kappa shape index (κ3) is 9.03. The van der Waals surface area contributed by atoms with E-state index in [1.165, 1.54) is 11.3 Å². The van der Waals surface area contributed by atoms with Crippen LogP contribution in [0.3, 0.4) is 0 Å². The summed E-state index contributed by atoms with van der Waals surface area (Å²) in [6, 6.07) is 13.7. The smallest absolute Gasteiger partial charge is 0.289 e. The Morgan fingerprint density at radius 1 is 0.981 bits per heavy atom. The van der Waals surface area contributed by atoms with Crippen molar-refractivity contribution in [2.24, 2.45) is 11.1 Å². The van der Waals surface area contributed by atoms with Crippen molar-refractivity contribution < 1.29 is 28.8 Å². The number of nitrogens with one attached hydrogen (secondary N) is 3. The zero-order chi connectivity index (χ0) is 36.8. The van der Waals surface area contributed by atoms with Crippen molar-refractivity contribution in [1.29, 1.82) is 0 Å². The first-order valence-corrected chi connectivity index (χ1v) is 19.2. The summed E-state index contributed by atoms with van der Waals surface area (Å²) in [5, 5.41) is 13.6. The van der Waals surface area contributed by atoms with Gasteiger partial charge in [-0.05, 0) is 55.7 Å². The molecule has 0 aromatic heterocycles. The molecule has 1 saturated heterocycles. The molecule has 12 heteroatoms. The highest BCUT2D eigenvalue weighted by Gasteiger charge is 2.55. The molecule has 2 aromatic rings. The van der Waals surface area contributed by atoms with E-state index in [1.807, 2.05) is 56.3 Å². The maximum absolute atomic E-state index is 14.9. The number of halogens is 1. The van der Waals surface area contributed by atoms with Gasteiger partial charge in [0.25, 0.3) is 5.91 Å². The largest absolute Gasteiger partial charge is 0.387 e. The summed E-state index contributed by atoms with van der Waals surface area (Å²) in [7, 11) is 0. The summed E-state index contributed by atoms with van der Waals surface area (Å²) in [6.07, 6.45) is 8.54. The minimum Gasteiger partial charge on any atom is -0.387 e. The number of carbonyl (C=O) groups is 5. The summed E-state index contributed by atoms with van der Waals surface area (Å²) >= 11 is 6.28. The van der Waals surface area contributed by atoms with Crippen LogP contribution in [-0.2, 0) is 28.8 Å². The van der Waals surface area contributed by atoms with Gasteiger partial charge >= 0.3 is 0 Å². The van der Waals surface area contributed by atoms with Crippen molar-refractivity contribution in [3.05, 3.63) is 70.7 Å². The number of ketones is 1. The number of nitrogens with zero attached hydrogens (tertiary/aromatic N) is 2. The molecule has 1 spiro atoms. The molecule has 6 rings (SSSR count). The van der Waals surface area contributed by atoms with Gasteiger partial charge in [-0.1, -0.05) is 98.8 Å². The number of rotatable bonds is 14. The molecule has 0 radical (unpaired) electrons. The normalized spacial score (nSPS) is 23.2. The molecule has 2 aliphatic carbocycles. The SMILES string of the molecule is CCC[C@H](NC(=O)[C@@H]1C[C@]2(CC(c3cccc(Cl)c3)=NO2)CN1C(=O)[C@@H](NC(=O)CC1CCCCC1)[C@@H](C)c1ccccc1)C(=O)C(=O)NC1CC1. The number of hydrogen-bond donors (Lipinski definition) is 3. The highest BCUT2D eigenvalue weighted by molar-refractivity contribution is 6.38. The predicted molar refractivity (Wildman–Crippen MR) is 198 cm³/mol. The molecule has 4 amide bonds. The fraction of sp³-hybridized carbons (Fsp3) is 0.550. The number of likely N-dealkylation sites (tertiary alicyclic amines) is 1. The maximum Gasteiger partial charge on any atom is 0.289 e.